The van der Waals surface area contributed by atoms with Gasteiger partial charge in [0, 0.05) is 11.4 Å². The highest BCUT2D eigenvalue weighted by atomic mass is 19.2. The van der Waals surface area contributed by atoms with Gasteiger partial charge in [-0.1, -0.05) is 42.5 Å². The quantitative estimate of drug-likeness (QED) is 0.410. The van der Waals surface area contributed by atoms with Gasteiger partial charge in [0.05, 0.1) is 5.69 Å². The third kappa shape index (κ3) is 4.62. The molecule has 0 radical (unpaired) electrons. The number of hydrogen-bond acceptors (Lipinski definition) is 6. The van der Waals surface area contributed by atoms with E-state index in [1.807, 2.05) is 60.7 Å². The Morgan fingerprint density at radius 2 is 1.00 bits per heavy atom. The number of benzene rings is 3. The van der Waals surface area contributed by atoms with Crippen LogP contribution in [0.2, 0.25) is 0 Å². The highest BCUT2D eigenvalue weighted by Crippen LogP contribution is 2.23. The van der Waals surface area contributed by atoms with Gasteiger partial charge in [-0.3, -0.25) is 0 Å². The van der Waals surface area contributed by atoms with Crippen molar-refractivity contribution in [1.29, 1.82) is 0 Å². The van der Waals surface area contributed by atoms with Gasteiger partial charge in [-0.15, -0.1) is 0 Å². The van der Waals surface area contributed by atoms with E-state index < -0.39 is 11.6 Å². The maximum atomic E-state index is 14.0. The van der Waals surface area contributed by atoms with Gasteiger partial charge in [-0.05, 0) is 36.4 Å². The van der Waals surface area contributed by atoms with Gasteiger partial charge in [-0.2, -0.15) is 15.0 Å². The third-order valence-electron chi connectivity index (χ3n) is 3.89. The molecule has 0 spiro atoms. The zero-order valence-electron chi connectivity index (χ0n) is 15.1. The lowest BCUT2D eigenvalue weighted by atomic mass is 10.3. The zero-order chi connectivity index (χ0) is 20.1. The molecule has 0 fully saturated rings. The molecule has 4 rings (SSSR count). The molecular weight excluding hydrogens is 374 g/mol. The molecule has 0 saturated carbocycles. The van der Waals surface area contributed by atoms with E-state index in [-0.39, 0.29) is 23.5 Å². The van der Waals surface area contributed by atoms with Crippen LogP contribution in [-0.2, 0) is 0 Å². The molecule has 29 heavy (non-hydrogen) atoms. The molecule has 1 heterocycles. The first-order valence-electron chi connectivity index (χ1n) is 8.78. The Kier molecular flexibility index (Phi) is 5.24. The van der Waals surface area contributed by atoms with E-state index in [0.717, 1.165) is 17.4 Å². The van der Waals surface area contributed by atoms with Crippen LogP contribution in [0.25, 0.3) is 0 Å². The monoisotopic (exact) mass is 390 g/mol. The third-order valence-corrected chi connectivity index (χ3v) is 3.89. The molecule has 0 aliphatic carbocycles. The van der Waals surface area contributed by atoms with Gasteiger partial charge in [0.2, 0.25) is 17.8 Å². The molecule has 0 amide bonds. The first kappa shape index (κ1) is 18.3. The summed E-state index contributed by atoms with van der Waals surface area (Å²) in [6, 6.07) is 22.5. The van der Waals surface area contributed by atoms with Gasteiger partial charge in [-0.25, -0.2) is 8.78 Å². The van der Waals surface area contributed by atoms with Crippen molar-refractivity contribution in [2.24, 2.45) is 0 Å². The minimum absolute atomic E-state index is 0.0568. The predicted octanol–water partition coefficient (Wildman–Crippen LogP) is 5.38. The number of nitrogens with one attached hydrogen (secondary N) is 3. The lowest BCUT2D eigenvalue weighted by Gasteiger charge is -2.12. The fourth-order valence-electron chi connectivity index (χ4n) is 2.57. The minimum atomic E-state index is -1.01. The maximum absolute atomic E-state index is 14.0. The van der Waals surface area contributed by atoms with Crippen LogP contribution in [0.15, 0.2) is 78.9 Å². The van der Waals surface area contributed by atoms with Crippen LogP contribution in [0.1, 0.15) is 0 Å². The Balaban J connectivity index is 1.68. The van der Waals surface area contributed by atoms with E-state index in [2.05, 4.69) is 30.9 Å². The zero-order valence-corrected chi connectivity index (χ0v) is 15.1. The molecule has 0 saturated heterocycles. The molecule has 8 heteroatoms. The molecule has 0 atom stereocenters. The summed E-state index contributed by atoms with van der Waals surface area (Å²) in [5.74, 6) is -1.44. The van der Waals surface area contributed by atoms with Gasteiger partial charge >= 0.3 is 0 Å². The normalized spacial score (nSPS) is 10.4. The summed E-state index contributed by atoms with van der Waals surface area (Å²) in [6.45, 7) is 0. The van der Waals surface area contributed by atoms with Crippen LogP contribution in [0, 0.1) is 11.6 Å². The molecule has 144 valence electrons. The predicted molar refractivity (Wildman–Crippen MR) is 109 cm³/mol. The first-order chi connectivity index (χ1) is 14.2. The van der Waals surface area contributed by atoms with Crippen molar-refractivity contribution in [3.63, 3.8) is 0 Å². The van der Waals surface area contributed by atoms with E-state index in [9.17, 15) is 8.78 Å². The maximum Gasteiger partial charge on any atom is 0.233 e. The molecule has 0 aliphatic heterocycles. The van der Waals surface area contributed by atoms with Crippen molar-refractivity contribution < 1.29 is 8.78 Å². The Bertz CT molecular complexity index is 1050. The highest BCUT2D eigenvalue weighted by molar-refractivity contribution is 5.62. The summed E-state index contributed by atoms with van der Waals surface area (Å²) in [4.78, 5) is 12.9. The molecular formula is C21H16F2N6. The van der Waals surface area contributed by atoms with Crippen LogP contribution in [0.5, 0.6) is 0 Å². The topological polar surface area (TPSA) is 74.8 Å². The summed E-state index contributed by atoms with van der Waals surface area (Å²) < 4.78 is 27.6. The van der Waals surface area contributed by atoms with Crippen molar-refractivity contribution in [1.82, 2.24) is 15.0 Å². The van der Waals surface area contributed by atoms with Crippen molar-refractivity contribution in [3.05, 3.63) is 90.5 Å². The van der Waals surface area contributed by atoms with Crippen LogP contribution in [0.4, 0.5) is 43.7 Å². The Labute approximate surface area is 165 Å². The molecule has 3 N–H and O–H groups in total. The number of para-hydroxylation sites is 2. The highest BCUT2D eigenvalue weighted by Gasteiger charge is 2.12. The second kappa shape index (κ2) is 8.30. The smallest absolute Gasteiger partial charge is 0.233 e. The lowest BCUT2D eigenvalue weighted by Crippen LogP contribution is -2.08. The van der Waals surface area contributed by atoms with Crippen molar-refractivity contribution in [2.75, 3.05) is 16.0 Å². The Morgan fingerprint density at radius 3 is 1.52 bits per heavy atom. The van der Waals surface area contributed by atoms with Gasteiger partial charge < -0.3 is 16.0 Å². The molecule has 0 unspecified atom stereocenters. The van der Waals surface area contributed by atoms with Crippen molar-refractivity contribution >= 4 is 34.9 Å². The van der Waals surface area contributed by atoms with Gasteiger partial charge in [0.15, 0.2) is 11.6 Å². The first-order valence-corrected chi connectivity index (χ1v) is 8.78. The minimum Gasteiger partial charge on any atom is -0.324 e. The van der Waals surface area contributed by atoms with Crippen LogP contribution >= 0.6 is 0 Å². The van der Waals surface area contributed by atoms with E-state index in [1.165, 1.54) is 12.1 Å². The molecule has 4 aromatic rings. The molecule has 3 aromatic carbocycles. The second-order valence-corrected chi connectivity index (χ2v) is 6.01. The fraction of sp³-hybridized carbons (Fsp3) is 0. The van der Waals surface area contributed by atoms with Crippen LogP contribution in [-0.4, -0.2) is 15.0 Å². The summed E-state index contributed by atoms with van der Waals surface area (Å²) in [6.07, 6.45) is 0. The fourth-order valence-corrected chi connectivity index (χ4v) is 2.57. The molecule has 0 bridgehead atoms. The number of nitrogens with zero attached hydrogens (tertiary/aromatic N) is 3. The number of rotatable bonds is 6. The number of aromatic nitrogens is 3. The van der Waals surface area contributed by atoms with Gasteiger partial charge in [0.25, 0.3) is 0 Å². The molecule has 0 aliphatic rings. The standard InChI is InChI=1S/C21H16F2N6/c22-16-12-7-13-17(18(16)23)26-21-28-19(24-14-8-3-1-4-9-14)27-20(29-21)25-15-10-5-2-6-11-15/h1-13H,(H3,24,25,26,27,28,29). The van der Waals surface area contributed by atoms with Crippen molar-refractivity contribution in [3.8, 4) is 0 Å². The molecule has 6 nitrogen and oxygen atoms in total. The van der Waals surface area contributed by atoms with E-state index in [4.69, 9.17) is 0 Å². The Hall–Kier alpha value is -4.07. The van der Waals surface area contributed by atoms with E-state index >= 15 is 0 Å². The average Bonchev–Trinajstić information content (AvgIpc) is 2.73. The number of hydrogen-bond donors (Lipinski definition) is 3. The molecule has 1 aromatic heterocycles. The summed E-state index contributed by atoms with van der Waals surface area (Å²) in [7, 11) is 0. The average molecular weight is 390 g/mol. The van der Waals surface area contributed by atoms with Crippen molar-refractivity contribution in [2.45, 2.75) is 0 Å². The summed E-state index contributed by atoms with van der Waals surface area (Å²) in [5, 5.41) is 8.85. The summed E-state index contributed by atoms with van der Waals surface area (Å²) >= 11 is 0. The lowest BCUT2D eigenvalue weighted by molar-refractivity contribution is 0.511. The number of anilines is 6. The van der Waals surface area contributed by atoms with Crippen LogP contribution < -0.4 is 16.0 Å². The largest absolute Gasteiger partial charge is 0.324 e. The van der Waals surface area contributed by atoms with Gasteiger partial charge in [0.1, 0.15) is 0 Å². The number of halogens is 2. The van der Waals surface area contributed by atoms with Crippen LogP contribution in [0.3, 0.4) is 0 Å². The SMILES string of the molecule is Fc1cccc(Nc2nc(Nc3ccccc3)nc(Nc3ccccc3)n2)c1F. The Morgan fingerprint density at radius 1 is 0.517 bits per heavy atom. The van der Waals surface area contributed by atoms with E-state index in [1.54, 1.807) is 0 Å². The van der Waals surface area contributed by atoms with E-state index in [0.29, 0.717) is 0 Å². The second-order valence-electron chi connectivity index (χ2n) is 6.01. The summed E-state index contributed by atoms with van der Waals surface area (Å²) in [5.41, 5.74) is 1.46.